The number of anilines is 1. The van der Waals surface area contributed by atoms with E-state index >= 15 is 0 Å². The third-order valence-electron chi connectivity index (χ3n) is 5.17. The number of aliphatic imine (C=N–C) groups is 1. The number of benzene rings is 1. The van der Waals surface area contributed by atoms with E-state index < -0.39 is 0 Å². The van der Waals surface area contributed by atoms with Crippen LogP contribution in [0.15, 0.2) is 35.3 Å². The SMILES string of the molecule is CN=C(NCCCCN1CCOCC1)NC1CCN(c2ccccc2)C1. The zero-order chi connectivity index (χ0) is 18.0. The van der Waals surface area contributed by atoms with E-state index in [4.69, 9.17) is 4.74 Å². The van der Waals surface area contributed by atoms with Gasteiger partial charge in [0.25, 0.3) is 0 Å². The van der Waals surface area contributed by atoms with E-state index in [-0.39, 0.29) is 0 Å². The van der Waals surface area contributed by atoms with Gasteiger partial charge in [-0.1, -0.05) is 18.2 Å². The van der Waals surface area contributed by atoms with Crippen LogP contribution < -0.4 is 15.5 Å². The van der Waals surface area contributed by atoms with Crippen molar-refractivity contribution in [3.8, 4) is 0 Å². The van der Waals surface area contributed by atoms with E-state index in [0.717, 1.165) is 58.3 Å². The molecule has 6 heteroatoms. The Balaban J connectivity index is 1.31. The third kappa shape index (κ3) is 5.88. The molecule has 1 aromatic rings. The molecule has 2 saturated heterocycles. The van der Waals surface area contributed by atoms with Crippen molar-refractivity contribution in [2.75, 3.05) is 64.4 Å². The van der Waals surface area contributed by atoms with Crippen molar-refractivity contribution in [3.63, 3.8) is 0 Å². The third-order valence-corrected chi connectivity index (χ3v) is 5.17. The van der Waals surface area contributed by atoms with E-state index in [1.165, 1.54) is 25.1 Å². The lowest BCUT2D eigenvalue weighted by molar-refractivity contribution is 0.0372. The van der Waals surface area contributed by atoms with Gasteiger partial charge in [0.1, 0.15) is 0 Å². The zero-order valence-corrected chi connectivity index (χ0v) is 16.0. The van der Waals surface area contributed by atoms with Crippen molar-refractivity contribution in [1.29, 1.82) is 0 Å². The summed E-state index contributed by atoms with van der Waals surface area (Å²) in [6.45, 7) is 8.20. The number of hydrogen-bond donors (Lipinski definition) is 2. The minimum Gasteiger partial charge on any atom is -0.379 e. The molecule has 0 radical (unpaired) electrons. The van der Waals surface area contributed by atoms with Gasteiger partial charge in [0.2, 0.25) is 0 Å². The summed E-state index contributed by atoms with van der Waals surface area (Å²) in [4.78, 5) is 9.32. The maximum Gasteiger partial charge on any atom is 0.191 e. The average molecular weight is 360 g/mol. The van der Waals surface area contributed by atoms with Gasteiger partial charge in [-0.3, -0.25) is 9.89 Å². The number of rotatable bonds is 7. The van der Waals surface area contributed by atoms with Gasteiger partial charge in [-0.05, 0) is 37.9 Å². The molecular formula is C20H33N5O. The molecule has 0 amide bonds. The Hall–Kier alpha value is -1.79. The van der Waals surface area contributed by atoms with Crippen LogP contribution in [0, 0.1) is 0 Å². The Bertz CT molecular complexity index is 544. The Morgan fingerprint density at radius 1 is 1.15 bits per heavy atom. The largest absolute Gasteiger partial charge is 0.379 e. The number of hydrogen-bond acceptors (Lipinski definition) is 4. The standard InChI is InChI=1S/C20H33N5O/c1-21-20(22-10-5-6-11-24-13-15-26-16-14-24)23-18-9-12-25(17-18)19-7-3-2-4-8-19/h2-4,7-8,18H,5-6,9-17H2,1H3,(H2,21,22,23). The van der Waals surface area contributed by atoms with Crippen molar-refractivity contribution in [2.45, 2.75) is 25.3 Å². The van der Waals surface area contributed by atoms with Crippen LogP contribution >= 0.6 is 0 Å². The fourth-order valence-electron chi connectivity index (χ4n) is 3.63. The number of ether oxygens (including phenoxy) is 1. The molecule has 2 fully saturated rings. The smallest absolute Gasteiger partial charge is 0.191 e. The normalized spacial score (nSPS) is 21.8. The summed E-state index contributed by atoms with van der Waals surface area (Å²) in [6, 6.07) is 11.1. The summed E-state index contributed by atoms with van der Waals surface area (Å²) in [6.07, 6.45) is 3.53. The first-order chi connectivity index (χ1) is 12.8. The summed E-state index contributed by atoms with van der Waals surface area (Å²) in [5, 5.41) is 7.04. The van der Waals surface area contributed by atoms with Crippen LogP contribution in [0.3, 0.4) is 0 Å². The molecule has 2 heterocycles. The molecular weight excluding hydrogens is 326 g/mol. The maximum atomic E-state index is 5.39. The van der Waals surface area contributed by atoms with Crippen LogP contribution in [0.1, 0.15) is 19.3 Å². The predicted octanol–water partition coefficient (Wildman–Crippen LogP) is 1.54. The number of nitrogens with zero attached hydrogens (tertiary/aromatic N) is 3. The highest BCUT2D eigenvalue weighted by molar-refractivity contribution is 5.80. The van der Waals surface area contributed by atoms with Gasteiger partial charge < -0.3 is 20.3 Å². The van der Waals surface area contributed by atoms with Gasteiger partial charge in [0.05, 0.1) is 13.2 Å². The molecule has 144 valence electrons. The molecule has 2 N–H and O–H groups in total. The highest BCUT2D eigenvalue weighted by atomic mass is 16.5. The number of unbranched alkanes of at least 4 members (excludes halogenated alkanes) is 1. The Kier molecular flexibility index (Phi) is 7.58. The van der Waals surface area contributed by atoms with Gasteiger partial charge in [-0.2, -0.15) is 0 Å². The van der Waals surface area contributed by atoms with E-state index in [0.29, 0.717) is 6.04 Å². The number of nitrogens with one attached hydrogen (secondary N) is 2. The topological polar surface area (TPSA) is 52.1 Å². The molecule has 1 unspecified atom stereocenters. The lowest BCUT2D eigenvalue weighted by atomic mass is 10.2. The average Bonchev–Trinajstić information content (AvgIpc) is 3.17. The molecule has 6 nitrogen and oxygen atoms in total. The zero-order valence-electron chi connectivity index (χ0n) is 16.0. The molecule has 3 rings (SSSR count). The first kappa shape index (κ1) is 19.0. The number of guanidine groups is 1. The minimum atomic E-state index is 0.453. The Labute approximate surface area is 157 Å². The van der Waals surface area contributed by atoms with Gasteiger partial charge in [-0.15, -0.1) is 0 Å². The summed E-state index contributed by atoms with van der Waals surface area (Å²) < 4.78 is 5.39. The van der Waals surface area contributed by atoms with Crippen LogP contribution in [0.5, 0.6) is 0 Å². The van der Waals surface area contributed by atoms with Crippen LogP contribution in [0.2, 0.25) is 0 Å². The second kappa shape index (κ2) is 10.4. The Morgan fingerprint density at radius 2 is 1.96 bits per heavy atom. The van der Waals surface area contributed by atoms with E-state index in [1.807, 2.05) is 7.05 Å². The van der Waals surface area contributed by atoms with Gasteiger partial charge in [0.15, 0.2) is 5.96 Å². The summed E-state index contributed by atoms with van der Waals surface area (Å²) in [5.74, 6) is 0.927. The molecule has 1 aromatic carbocycles. The van der Waals surface area contributed by atoms with E-state index in [9.17, 15) is 0 Å². The minimum absolute atomic E-state index is 0.453. The predicted molar refractivity (Wildman–Crippen MR) is 108 cm³/mol. The second-order valence-electron chi connectivity index (χ2n) is 7.07. The van der Waals surface area contributed by atoms with Crippen molar-refractivity contribution in [2.24, 2.45) is 4.99 Å². The molecule has 2 aliphatic heterocycles. The van der Waals surface area contributed by atoms with Crippen LogP contribution in [-0.4, -0.2) is 76.4 Å². The molecule has 0 spiro atoms. The number of para-hydroxylation sites is 1. The summed E-state index contributed by atoms with van der Waals surface area (Å²) in [7, 11) is 1.85. The van der Waals surface area contributed by atoms with Crippen LogP contribution in [0.4, 0.5) is 5.69 Å². The first-order valence-corrected chi connectivity index (χ1v) is 9.92. The fraction of sp³-hybridized carbons (Fsp3) is 0.650. The van der Waals surface area contributed by atoms with Crippen molar-refractivity contribution >= 4 is 11.6 Å². The Morgan fingerprint density at radius 3 is 2.73 bits per heavy atom. The first-order valence-electron chi connectivity index (χ1n) is 9.92. The molecule has 0 saturated carbocycles. The molecule has 26 heavy (non-hydrogen) atoms. The van der Waals surface area contributed by atoms with Gasteiger partial charge >= 0.3 is 0 Å². The lowest BCUT2D eigenvalue weighted by Crippen LogP contribution is -2.45. The van der Waals surface area contributed by atoms with Crippen molar-refractivity contribution in [1.82, 2.24) is 15.5 Å². The highest BCUT2D eigenvalue weighted by Gasteiger charge is 2.23. The van der Waals surface area contributed by atoms with Gasteiger partial charge in [-0.25, -0.2) is 0 Å². The fourth-order valence-corrected chi connectivity index (χ4v) is 3.63. The maximum absolute atomic E-state index is 5.39. The molecule has 0 aliphatic carbocycles. The van der Waals surface area contributed by atoms with Crippen LogP contribution in [0.25, 0.3) is 0 Å². The van der Waals surface area contributed by atoms with Gasteiger partial charge in [0, 0.05) is 51.5 Å². The van der Waals surface area contributed by atoms with Crippen molar-refractivity contribution < 1.29 is 4.74 Å². The second-order valence-corrected chi connectivity index (χ2v) is 7.07. The summed E-state index contributed by atoms with van der Waals surface area (Å²) in [5.41, 5.74) is 1.31. The molecule has 0 bridgehead atoms. The van der Waals surface area contributed by atoms with Crippen molar-refractivity contribution in [3.05, 3.63) is 30.3 Å². The quantitative estimate of drug-likeness (QED) is 0.439. The molecule has 1 atom stereocenters. The summed E-state index contributed by atoms with van der Waals surface area (Å²) >= 11 is 0. The monoisotopic (exact) mass is 359 g/mol. The highest BCUT2D eigenvalue weighted by Crippen LogP contribution is 2.19. The number of morpholine rings is 1. The lowest BCUT2D eigenvalue weighted by Gasteiger charge is -2.26. The van der Waals surface area contributed by atoms with Crippen LogP contribution in [-0.2, 0) is 4.74 Å². The molecule has 0 aromatic heterocycles. The molecule has 2 aliphatic rings. The van der Waals surface area contributed by atoms with E-state index in [2.05, 4.69) is 55.8 Å². The van der Waals surface area contributed by atoms with E-state index in [1.54, 1.807) is 0 Å².